The maximum absolute atomic E-state index is 13.5. The number of benzene rings is 1. The Labute approximate surface area is 202 Å². The van der Waals surface area contributed by atoms with E-state index in [1.807, 2.05) is 13.1 Å². The summed E-state index contributed by atoms with van der Waals surface area (Å²) in [4.78, 5) is 40.5. The van der Waals surface area contributed by atoms with Crippen molar-refractivity contribution >= 4 is 46.6 Å². The van der Waals surface area contributed by atoms with E-state index in [1.54, 1.807) is 24.4 Å². The van der Waals surface area contributed by atoms with E-state index in [0.29, 0.717) is 30.1 Å². The van der Waals surface area contributed by atoms with Crippen LogP contribution in [0.15, 0.2) is 30.5 Å². The number of aromatic amines is 1. The summed E-state index contributed by atoms with van der Waals surface area (Å²) in [6, 6.07) is 6.67. The zero-order chi connectivity index (χ0) is 22.5. The third kappa shape index (κ3) is 4.36. The lowest BCUT2D eigenvalue weighted by Crippen LogP contribution is -2.64. The first kappa shape index (κ1) is 23.6. The minimum atomic E-state index is -1.21. The fourth-order valence-corrected chi connectivity index (χ4v) is 4.97. The summed E-state index contributed by atoms with van der Waals surface area (Å²) in [7, 11) is 2.00. The van der Waals surface area contributed by atoms with Crippen molar-refractivity contribution in [2.45, 2.75) is 50.4 Å². The molecule has 1 amide bonds. The van der Waals surface area contributed by atoms with Crippen molar-refractivity contribution in [1.82, 2.24) is 25.2 Å². The Morgan fingerprint density at radius 1 is 1.27 bits per heavy atom. The number of halogens is 2. The highest BCUT2D eigenvalue weighted by molar-refractivity contribution is 6.31. The number of hydrogen-bond donors (Lipinski definition) is 3. The summed E-state index contributed by atoms with van der Waals surface area (Å²) in [5.74, 6) is -0.508. The van der Waals surface area contributed by atoms with Gasteiger partial charge in [0.05, 0.1) is 17.4 Å². The third-order valence-corrected chi connectivity index (χ3v) is 6.76. The summed E-state index contributed by atoms with van der Waals surface area (Å²) >= 11 is 6.08. The van der Waals surface area contributed by atoms with Gasteiger partial charge in [-0.3, -0.25) is 14.5 Å². The number of carbonyl (C=O) groups excluding carboxylic acids is 2. The Hall–Kier alpha value is -2.52. The molecule has 1 saturated carbocycles. The van der Waals surface area contributed by atoms with Gasteiger partial charge in [-0.25, -0.2) is 9.97 Å². The molecule has 174 valence electrons. The SMILES string of the molecule is CN1Cc2cnc(C(=O)NC3CCCCC3(N)C(=O)c3cc4cc(Cl)ccc4[nH]3)nc2C1.Cl. The number of carbonyl (C=O) groups is 2. The quantitative estimate of drug-likeness (QED) is 0.485. The van der Waals surface area contributed by atoms with Crippen molar-refractivity contribution in [2.24, 2.45) is 5.73 Å². The Kier molecular flexibility index (Phi) is 6.46. The number of Topliss-reactive ketones (excluding diaryl/α,β-unsaturated/α-hetero) is 1. The zero-order valence-corrected chi connectivity index (χ0v) is 19.8. The summed E-state index contributed by atoms with van der Waals surface area (Å²) < 4.78 is 0. The summed E-state index contributed by atoms with van der Waals surface area (Å²) in [5.41, 5.74) is 8.62. The minimum Gasteiger partial charge on any atom is -0.352 e. The Balaban J connectivity index is 0.00000259. The summed E-state index contributed by atoms with van der Waals surface area (Å²) in [6.07, 6.45) is 4.52. The average molecular weight is 489 g/mol. The molecule has 1 aliphatic heterocycles. The highest BCUT2D eigenvalue weighted by Crippen LogP contribution is 2.31. The van der Waals surface area contributed by atoms with E-state index in [-0.39, 0.29) is 24.0 Å². The van der Waals surface area contributed by atoms with Crippen molar-refractivity contribution in [1.29, 1.82) is 0 Å². The van der Waals surface area contributed by atoms with Crippen LogP contribution in [-0.2, 0) is 13.1 Å². The molecule has 4 N–H and O–H groups in total. The largest absolute Gasteiger partial charge is 0.352 e. The van der Waals surface area contributed by atoms with Crippen molar-refractivity contribution in [3.63, 3.8) is 0 Å². The van der Waals surface area contributed by atoms with Crippen LogP contribution in [0, 0.1) is 0 Å². The van der Waals surface area contributed by atoms with Gasteiger partial charge in [0, 0.05) is 40.8 Å². The Morgan fingerprint density at radius 2 is 2.09 bits per heavy atom. The van der Waals surface area contributed by atoms with Gasteiger partial charge in [-0.2, -0.15) is 0 Å². The van der Waals surface area contributed by atoms with Crippen LogP contribution in [0.3, 0.4) is 0 Å². The van der Waals surface area contributed by atoms with E-state index in [4.69, 9.17) is 17.3 Å². The van der Waals surface area contributed by atoms with Crippen LogP contribution in [0.2, 0.25) is 5.02 Å². The summed E-state index contributed by atoms with van der Waals surface area (Å²) in [6.45, 7) is 1.46. The van der Waals surface area contributed by atoms with Crippen molar-refractivity contribution in [3.05, 3.63) is 58.3 Å². The number of fused-ring (bicyclic) bond motifs is 2. The molecule has 3 aromatic rings. The molecule has 2 atom stereocenters. The maximum Gasteiger partial charge on any atom is 0.289 e. The van der Waals surface area contributed by atoms with Crippen LogP contribution in [0.5, 0.6) is 0 Å². The molecule has 8 nitrogen and oxygen atoms in total. The number of nitrogens with zero attached hydrogens (tertiary/aromatic N) is 3. The lowest BCUT2D eigenvalue weighted by atomic mass is 9.74. The molecule has 1 aliphatic carbocycles. The number of nitrogens with one attached hydrogen (secondary N) is 2. The predicted molar refractivity (Wildman–Crippen MR) is 129 cm³/mol. The molecule has 1 aromatic carbocycles. The number of ketones is 1. The summed E-state index contributed by atoms with van der Waals surface area (Å²) in [5, 5.41) is 4.41. The highest BCUT2D eigenvalue weighted by Gasteiger charge is 2.45. The number of aromatic nitrogens is 3. The van der Waals surface area contributed by atoms with Crippen molar-refractivity contribution in [2.75, 3.05) is 7.05 Å². The molecular formula is C23H26Cl2N6O2. The molecule has 0 bridgehead atoms. The monoisotopic (exact) mass is 488 g/mol. The number of hydrogen-bond acceptors (Lipinski definition) is 6. The molecule has 0 radical (unpaired) electrons. The van der Waals surface area contributed by atoms with Gasteiger partial charge in [-0.05, 0) is 44.2 Å². The minimum absolute atomic E-state index is 0. The van der Waals surface area contributed by atoms with Crippen LogP contribution in [0.1, 0.15) is 58.0 Å². The topological polar surface area (TPSA) is 117 Å². The van der Waals surface area contributed by atoms with Gasteiger partial charge >= 0.3 is 0 Å². The van der Waals surface area contributed by atoms with Gasteiger partial charge in [-0.15, -0.1) is 12.4 Å². The normalized spacial score (nSPS) is 22.6. The van der Waals surface area contributed by atoms with E-state index < -0.39 is 17.5 Å². The lowest BCUT2D eigenvalue weighted by molar-refractivity contribution is 0.0751. The van der Waals surface area contributed by atoms with Gasteiger partial charge < -0.3 is 16.0 Å². The second kappa shape index (κ2) is 9.02. The smallest absolute Gasteiger partial charge is 0.289 e. The van der Waals surface area contributed by atoms with E-state index in [1.165, 1.54) is 0 Å². The molecular weight excluding hydrogens is 463 g/mol. The van der Waals surface area contributed by atoms with Gasteiger partial charge in [-0.1, -0.05) is 24.4 Å². The van der Waals surface area contributed by atoms with Gasteiger partial charge in [0.25, 0.3) is 5.91 Å². The fraction of sp³-hybridized carbons (Fsp3) is 0.391. The average Bonchev–Trinajstić information content (AvgIpc) is 3.36. The second-order valence-electron chi connectivity index (χ2n) is 8.89. The van der Waals surface area contributed by atoms with Crippen molar-refractivity contribution < 1.29 is 9.59 Å². The van der Waals surface area contributed by atoms with Crippen molar-refractivity contribution in [3.8, 4) is 0 Å². The van der Waals surface area contributed by atoms with Crippen LogP contribution < -0.4 is 11.1 Å². The molecule has 0 saturated heterocycles. The molecule has 0 spiro atoms. The molecule has 2 aliphatic rings. The van der Waals surface area contributed by atoms with Crippen LogP contribution in [-0.4, -0.2) is 50.2 Å². The van der Waals surface area contributed by atoms with E-state index in [9.17, 15) is 9.59 Å². The molecule has 3 heterocycles. The molecule has 1 fully saturated rings. The Bertz CT molecular complexity index is 1230. The highest BCUT2D eigenvalue weighted by atomic mass is 35.5. The zero-order valence-electron chi connectivity index (χ0n) is 18.2. The molecule has 2 aromatic heterocycles. The third-order valence-electron chi connectivity index (χ3n) is 6.53. The molecule has 10 heteroatoms. The van der Waals surface area contributed by atoms with Crippen LogP contribution in [0.25, 0.3) is 10.9 Å². The Morgan fingerprint density at radius 3 is 2.91 bits per heavy atom. The van der Waals surface area contributed by atoms with Gasteiger partial charge in [0.2, 0.25) is 11.6 Å². The fourth-order valence-electron chi connectivity index (χ4n) is 4.79. The number of nitrogens with two attached hydrogens (primary N) is 1. The second-order valence-corrected chi connectivity index (χ2v) is 9.33. The van der Waals surface area contributed by atoms with E-state index >= 15 is 0 Å². The van der Waals surface area contributed by atoms with Gasteiger partial charge in [0.15, 0.2) is 0 Å². The first-order valence-corrected chi connectivity index (χ1v) is 11.2. The molecule has 5 rings (SSSR count). The van der Waals surface area contributed by atoms with E-state index in [2.05, 4.69) is 25.2 Å². The number of rotatable bonds is 4. The standard InChI is InChI=1S/C23H25ClN6O2.ClH/c1-30-11-14-10-26-21(28-18(14)12-30)22(32)29-19-4-2-3-7-23(19,25)20(31)17-9-13-8-15(24)5-6-16(13)27-17;/h5-6,8-10,19,27H,2-4,7,11-12,25H2,1H3,(H,29,32);1H. The van der Waals surface area contributed by atoms with Crippen LogP contribution >= 0.6 is 24.0 Å². The van der Waals surface area contributed by atoms with Crippen LogP contribution in [0.4, 0.5) is 0 Å². The first-order chi connectivity index (χ1) is 15.3. The lowest BCUT2D eigenvalue weighted by Gasteiger charge is -2.39. The van der Waals surface area contributed by atoms with Gasteiger partial charge in [0.1, 0.15) is 5.54 Å². The molecule has 33 heavy (non-hydrogen) atoms. The molecule has 2 unspecified atom stereocenters. The predicted octanol–water partition coefficient (Wildman–Crippen LogP) is 3.23. The first-order valence-electron chi connectivity index (χ1n) is 10.8. The number of H-pyrrole nitrogens is 1. The maximum atomic E-state index is 13.5. The van der Waals surface area contributed by atoms with E-state index in [0.717, 1.165) is 41.5 Å². The number of amides is 1.